The van der Waals surface area contributed by atoms with Crippen LogP contribution in [0.5, 0.6) is 11.5 Å². The fourth-order valence-electron chi connectivity index (χ4n) is 4.53. The van der Waals surface area contributed by atoms with Gasteiger partial charge < -0.3 is 39.3 Å². The van der Waals surface area contributed by atoms with E-state index >= 15 is 0 Å². The predicted molar refractivity (Wildman–Crippen MR) is 140 cm³/mol. The van der Waals surface area contributed by atoms with Gasteiger partial charge in [0, 0.05) is 55.7 Å². The molecule has 2 N–H and O–H groups in total. The molecule has 1 fully saturated rings. The molecule has 0 aliphatic carbocycles. The summed E-state index contributed by atoms with van der Waals surface area (Å²) < 4.78 is 15.4. The van der Waals surface area contributed by atoms with E-state index < -0.39 is 5.97 Å². The van der Waals surface area contributed by atoms with E-state index in [4.69, 9.17) is 14.2 Å². The molecule has 2 aliphatic heterocycles. The van der Waals surface area contributed by atoms with Crippen LogP contribution >= 0.6 is 0 Å². The molecule has 0 unspecified atom stereocenters. The highest BCUT2D eigenvalue weighted by atomic mass is 16.5. The van der Waals surface area contributed by atoms with Gasteiger partial charge >= 0.3 is 5.97 Å². The van der Waals surface area contributed by atoms with Gasteiger partial charge in [0.2, 0.25) is 0 Å². The van der Waals surface area contributed by atoms with Crippen LogP contribution in [0.15, 0.2) is 53.7 Å². The first kappa shape index (κ1) is 26.8. The third-order valence-corrected chi connectivity index (χ3v) is 6.62. The molecule has 2 aromatic carbocycles. The van der Waals surface area contributed by atoms with Gasteiger partial charge in [-0.3, -0.25) is 9.59 Å². The van der Waals surface area contributed by atoms with Crippen LogP contribution in [-0.4, -0.2) is 99.9 Å². The van der Waals surface area contributed by atoms with E-state index in [2.05, 4.69) is 10.2 Å². The lowest BCUT2D eigenvalue weighted by molar-refractivity contribution is -0.136. The van der Waals surface area contributed by atoms with Crippen molar-refractivity contribution in [2.45, 2.75) is 0 Å². The highest BCUT2D eigenvalue weighted by Crippen LogP contribution is 2.26. The van der Waals surface area contributed by atoms with Crippen LogP contribution < -0.4 is 19.7 Å². The molecule has 0 aromatic heterocycles. The minimum absolute atomic E-state index is 0.0763. The van der Waals surface area contributed by atoms with Gasteiger partial charge in [-0.1, -0.05) is 0 Å². The first-order valence-corrected chi connectivity index (χ1v) is 12.2. The van der Waals surface area contributed by atoms with Crippen molar-refractivity contribution in [3.8, 4) is 11.5 Å². The Hall–Kier alpha value is -4.25. The SMILES string of the molecule is COC(=O)C1=C(Nc2ccc(N3CCN(C(=O)c4cc(OC)cc(OC)c4)CC3)cc2)C(=O)N(CCO)C1. The van der Waals surface area contributed by atoms with Crippen LogP contribution in [0.4, 0.5) is 11.4 Å². The number of ether oxygens (including phenoxy) is 3. The number of anilines is 2. The number of rotatable bonds is 9. The van der Waals surface area contributed by atoms with Gasteiger partial charge in [-0.15, -0.1) is 0 Å². The molecule has 0 atom stereocenters. The molecule has 38 heavy (non-hydrogen) atoms. The van der Waals surface area contributed by atoms with Crippen LogP contribution in [0.3, 0.4) is 0 Å². The number of methoxy groups -OCH3 is 3. The van der Waals surface area contributed by atoms with Gasteiger partial charge in [0.05, 0.1) is 40.1 Å². The summed E-state index contributed by atoms with van der Waals surface area (Å²) in [5.74, 6) is 0.105. The Morgan fingerprint density at radius 1 is 0.947 bits per heavy atom. The summed E-state index contributed by atoms with van der Waals surface area (Å²) in [6.45, 7) is 2.44. The molecule has 0 spiro atoms. The Labute approximate surface area is 221 Å². The van der Waals surface area contributed by atoms with E-state index in [-0.39, 0.29) is 42.8 Å². The molecule has 4 rings (SSSR count). The van der Waals surface area contributed by atoms with Crippen LogP contribution in [-0.2, 0) is 14.3 Å². The van der Waals surface area contributed by atoms with Crippen molar-refractivity contribution in [3.63, 3.8) is 0 Å². The van der Waals surface area contributed by atoms with E-state index in [1.165, 1.54) is 12.0 Å². The molecule has 11 heteroatoms. The Morgan fingerprint density at radius 3 is 2.13 bits per heavy atom. The number of piperazine rings is 1. The number of amides is 2. The van der Waals surface area contributed by atoms with Gasteiger partial charge in [-0.2, -0.15) is 0 Å². The number of β-amino-alcohol motifs (C(OH)–C–C–N with tert-alkyl or cyclic N) is 1. The lowest BCUT2D eigenvalue weighted by Crippen LogP contribution is -2.48. The maximum Gasteiger partial charge on any atom is 0.337 e. The summed E-state index contributed by atoms with van der Waals surface area (Å²) in [4.78, 5) is 43.4. The highest BCUT2D eigenvalue weighted by Gasteiger charge is 2.34. The number of nitrogens with zero attached hydrogens (tertiary/aromatic N) is 3. The molecule has 2 heterocycles. The molecule has 2 aliphatic rings. The molecule has 0 saturated carbocycles. The summed E-state index contributed by atoms with van der Waals surface area (Å²) in [6, 6.07) is 12.7. The lowest BCUT2D eigenvalue weighted by atomic mass is 10.1. The fraction of sp³-hybridized carbons (Fsp3) is 0.370. The highest BCUT2D eigenvalue weighted by molar-refractivity contribution is 6.08. The van der Waals surface area contributed by atoms with Crippen LogP contribution in [0.2, 0.25) is 0 Å². The second kappa shape index (κ2) is 11.9. The Balaban J connectivity index is 1.39. The van der Waals surface area contributed by atoms with Crippen molar-refractivity contribution in [3.05, 3.63) is 59.3 Å². The first-order chi connectivity index (χ1) is 18.4. The number of aliphatic hydroxyl groups is 1. The number of carbonyl (C=O) groups excluding carboxylic acids is 3. The number of nitrogens with one attached hydrogen (secondary N) is 1. The van der Waals surface area contributed by atoms with Gasteiger partial charge in [-0.05, 0) is 36.4 Å². The zero-order valence-corrected chi connectivity index (χ0v) is 21.7. The fourth-order valence-corrected chi connectivity index (χ4v) is 4.53. The van der Waals surface area contributed by atoms with Crippen molar-refractivity contribution < 1.29 is 33.7 Å². The smallest absolute Gasteiger partial charge is 0.337 e. The Kier molecular flexibility index (Phi) is 8.37. The number of aliphatic hydroxyl groups excluding tert-OH is 1. The van der Waals surface area contributed by atoms with E-state index in [9.17, 15) is 19.5 Å². The van der Waals surface area contributed by atoms with E-state index in [0.717, 1.165) is 5.69 Å². The Bertz CT molecular complexity index is 1200. The molecular weight excluding hydrogens is 492 g/mol. The topological polar surface area (TPSA) is 121 Å². The van der Waals surface area contributed by atoms with Crippen molar-refractivity contribution in [1.29, 1.82) is 0 Å². The summed E-state index contributed by atoms with van der Waals surface area (Å²) >= 11 is 0. The van der Waals surface area contributed by atoms with E-state index in [1.54, 1.807) is 32.4 Å². The van der Waals surface area contributed by atoms with Gasteiger partial charge in [0.15, 0.2) is 0 Å². The average Bonchev–Trinajstić information content (AvgIpc) is 3.27. The minimum atomic E-state index is -0.585. The largest absolute Gasteiger partial charge is 0.497 e. The molecule has 2 amide bonds. The van der Waals surface area contributed by atoms with Crippen LogP contribution in [0.25, 0.3) is 0 Å². The molecule has 202 valence electrons. The number of hydrogen-bond acceptors (Lipinski definition) is 9. The quantitative estimate of drug-likeness (QED) is 0.468. The zero-order chi connectivity index (χ0) is 27.2. The van der Waals surface area contributed by atoms with E-state index in [0.29, 0.717) is 48.9 Å². The summed E-state index contributed by atoms with van der Waals surface area (Å²) in [5, 5.41) is 12.3. The third-order valence-electron chi connectivity index (χ3n) is 6.62. The normalized spacial score (nSPS) is 15.6. The Morgan fingerprint density at radius 2 is 1.58 bits per heavy atom. The monoisotopic (exact) mass is 524 g/mol. The van der Waals surface area contributed by atoms with Crippen molar-refractivity contribution in [2.24, 2.45) is 0 Å². The van der Waals surface area contributed by atoms with Crippen molar-refractivity contribution >= 4 is 29.2 Å². The molecule has 2 aromatic rings. The predicted octanol–water partition coefficient (Wildman–Crippen LogP) is 1.34. The standard InChI is InChI=1S/C27H32N4O7/c1-36-21-14-18(15-22(16-21)37-2)25(33)30-10-8-29(9-11-30)20-6-4-19(5-7-20)28-24-23(27(35)38-3)17-31(12-13-32)26(24)34/h4-7,14-16,28,32H,8-13,17H2,1-3H3. The van der Waals surface area contributed by atoms with Gasteiger partial charge in [0.25, 0.3) is 11.8 Å². The number of carbonyl (C=O) groups is 3. The van der Waals surface area contributed by atoms with Gasteiger partial charge in [0.1, 0.15) is 17.2 Å². The average molecular weight is 525 g/mol. The first-order valence-electron chi connectivity index (χ1n) is 12.2. The number of esters is 1. The maximum atomic E-state index is 13.1. The van der Waals surface area contributed by atoms with Crippen molar-refractivity contribution in [1.82, 2.24) is 9.80 Å². The molecular formula is C27H32N4O7. The van der Waals surface area contributed by atoms with Crippen LogP contribution in [0.1, 0.15) is 10.4 Å². The van der Waals surface area contributed by atoms with Crippen molar-refractivity contribution in [2.75, 3.05) is 77.4 Å². The summed E-state index contributed by atoms with van der Waals surface area (Å²) in [5.41, 5.74) is 2.52. The third kappa shape index (κ3) is 5.67. The summed E-state index contributed by atoms with van der Waals surface area (Å²) in [7, 11) is 4.37. The van der Waals surface area contributed by atoms with Crippen LogP contribution in [0, 0.1) is 0 Å². The lowest BCUT2D eigenvalue weighted by Gasteiger charge is -2.36. The minimum Gasteiger partial charge on any atom is -0.497 e. The second-order valence-corrected chi connectivity index (χ2v) is 8.85. The van der Waals surface area contributed by atoms with E-state index in [1.807, 2.05) is 29.2 Å². The summed E-state index contributed by atoms with van der Waals surface area (Å²) in [6.07, 6.45) is 0. The molecule has 0 bridgehead atoms. The second-order valence-electron chi connectivity index (χ2n) is 8.85. The van der Waals surface area contributed by atoms with Gasteiger partial charge in [-0.25, -0.2) is 4.79 Å². The number of hydrogen-bond donors (Lipinski definition) is 2. The number of benzene rings is 2. The maximum absolute atomic E-state index is 13.1. The molecule has 11 nitrogen and oxygen atoms in total. The molecule has 0 radical (unpaired) electrons. The zero-order valence-electron chi connectivity index (χ0n) is 21.7. The molecule has 1 saturated heterocycles.